The fourth-order valence-electron chi connectivity index (χ4n) is 2.72. The molecule has 0 bridgehead atoms. The summed E-state index contributed by atoms with van der Waals surface area (Å²) >= 11 is 0. The third kappa shape index (κ3) is 5.31. The molecule has 1 saturated heterocycles. The van der Waals surface area contributed by atoms with E-state index in [1.165, 1.54) is 0 Å². The van der Waals surface area contributed by atoms with Crippen LogP contribution in [-0.4, -0.2) is 56.8 Å². The first-order valence-electron chi connectivity index (χ1n) is 8.99. The van der Waals surface area contributed by atoms with Crippen LogP contribution in [0.15, 0.2) is 12.7 Å². The van der Waals surface area contributed by atoms with Gasteiger partial charge in [-0.2, -0.15) is 0 Å². The second-order valence-corrected chi connectivity index (χ2v) is 14.2. The Morgan fingerprint density at radius 1 is 1.28 bits per heavy atom. The van der Waals surface area contributed by atoms with Crippen LogP contribution in [0.25, 0.3) is 0 Å². The SMILES string of the molecule is C=CC[C@@]1(OC)CN(C(=O)OC(C)(C)C)C[C@@H]1O[Si](C)(C)C(C)(C)C. The van der Waals surface area contributed by atoms with E-state index in [1.807, 2.05) is 26.8 Å². The van der Waals surface area contributed by atoms with E-state index in [-0.39, 0.29) is 17.2 Å². The summed E-state index contributed by atoms with van der Waals surface area (Å²) < 4.78 is 18.1. The average Bonchev–Trinajstić information content (AvgIpc) is 2.75. The topological polar surface area (TPSA) is 48.0 Å². The van der Waals surface area contributed by atoms with Gasteiger partial charge in [-0.15, -0.1) is 6.58 Å². The third-order valence-corrected chi connectivity index (χ3v) is 9.71. The fourth-order valence-corrected chi connectivity index (χ4v) is 4.07. The number of amides is 1. The number of nitrogens with zero attached hydrogens (tertiary/aromatic N) is 1. The molecule has 0 saturated carbocycles. The molecule has 0 N–H and O–H groups in total. The number of carbonyl (C=O) groups is 1. The van der Waals surface area contributed by atoms with Gasteiger partial charge < -0.3 is 18.8 Å². The van der Waals surface area contributed by atoms with Gasteiger partial charge in [0.05, 0.1) is 19.2 Å². The van der Waals surface area contributed by atoms with Crippen LogP contribution in [0.5, 0.6) is 0 Å². The fraction of sp³-hybridized carbons (Fsp3) is 0.842. The van der Waals surface area contributed by atoms with Crippen LogP contribution in [0.3, 0.4) is 0 Å². The summed E-state index contributed by atoms with van der Waals surface area (Å²) in [4.78, 5) is 14.3. The highest BCUT2D eigenvalue weighted by molar-refractivity contribution is 6.74. The van der Waals surface area contributed by atoms with Gasteiger partial charge >= 0.3 is 6.09 Å². The number of hydrogen-bond donors (Lipinski definition) is 0. The van der Waals surface area contributed by atoms with Crippen LogP contribution >= 0.6 is 0 Å². The van der Waals surface area contributed by atoms with Crippen molar-refractivity contribution in [1.82, 2.24) is 4.90 Å². The number of methoxy groups -OCH3 is 1. The van der Waals surface area contributed by atoms with Gasteiger partial charge in [-0.1, -0.05) is 26.8 Å². The zero-order valence-electron chi connectivity index (χ0n) is 17.6. The molecule has 0 aromatic rings. The smallest absolute Gasteiger partial charge is 0.410 e. The Kier molecular flexibility index (Phi) is 6.58. The van der Waals surface area contributed by atoms with Gasteiger partial charge in [0.25, 0.3) is 0 Å². The van der Waals surface area contributed by atoms with E-state index in [1.54, 1.807) is 12.0 Å². The Morgan fingerprint density at radius 2 is 1.84 bits per heavy atom. The van der Waals surface area contributed by atoms with Crippen molar-refractivity contribution in [3.8, 4) is 0 Å². The van der Waals surface area contributed by atoms with Gasteiger partial charge in [0, 0.05) is 7.11 Å². The quantitative estimate of drug-likeness (QED) is 0.524. The van der Waals surface area contributed by atoms with E-state index in [4.69, 9.17) is 13.9 Å². The predicted octanol–water partition coefficient (Wildman–Crippen LogP) is 4.59. The van der Waals surface area contributed by atoms with E-state index in [0.29, 0.717) is 19.5 Å². The van der Waals surface area contributed by atoms with Crippen LogP contribution in [0.2, 0.25) is 18.1 Å². The molecule has 1 aliphatic rings. The van der Waals surface area contributed by atoms with Crippen molar-refractivity contribution < 1.29 is 18.7 Å². The van der Waals surface area contributed by atoms with Crippen molar-refractivity contribution in [2.75, 3.05) is 20.2 Å². The number of likely N-dealkylation sites (tertiary alicyclic amines) is 1. The monoisotopic (exact) mass is 371 g/mol. The molecule has 0 unspecified atom stereocenters. The van der Waals surface area contributed by atoms with Gasteiger partial charge in [-0.05, 0) is 45.3 Å². The zero-order valence-corrected chi connectivity index (χ0v) is 18.6. The lowest BCUT2D eigenvalue weighted by Crippen LogP contribution is -2.52. The normalized spacial score (nSPS) is 25.2. The van der Waals surface area contributed by atoms with Crippen molar-refractivity contribution in [3.63, 3.8) is 0 Å². The summed E-state index contributed by atoms with van der Waals surface area (Å²) in [5, 5.41) is 0.0833. The van der Waals surface area contributed by atoms with Crippen LogP contribution in [0.1, 0.15) is 48.0 Å². The van der Waals surface area contributed by atoms with Crippen molar-refractivity contribution in [2.24, 2.45) is 0 Å². The van der Waals surface area contributed by atoms with Crippen molar-refractivity contribution in [2.45, 2.75) is 83.4 Å². The molecular formula is C19H37NO4Si. The maximum Gasteiger partial charge on any atom is 0.410 e. The Hall–Kier alpha value is -0.853. The predicted molar refractivity (Wildman–Crippen MR) is 104 cm³/mol. The van der Waals surface area contributed by atoms with Gasteiger partial charge in [0.1, 0.15) is 11.2 Å². The summed E-state index contributed by atoms with van der Waals surface area (Å²) in [6.45, 7) is 21.5. The maximum atomic E-state index is 12.6. The van der Waals surface area contributed by atoms with Crippen LogP contribution < -0.4 is 0 Å². The zero-order chi connectivity index (χ0) is 19.7. The Morgan fingerprint density at radius 3 is 2.24 bits per heavy atom. The number of rotatable bonds is 5. The highest BCUT2D eigenvalue weighted by Crippen LogP contribution is 2.41. The molecule has 1 rings (SSSR count). The summed E-state index contributed by atoms with van der Waals surface area (Å²) in [6, 6.07) is 0. The first-order valence-corrected chi connectivity index (χ1v) is 11.9. The number of carbonyl (C=O) groups excluding carboxylic acids is 1. The molecule has 146 valence electrons. The molecular weight excluding hydrogens is 334 g/mol. The Bertz CT molecular complexity index is 493. The van der Waals surface area contributed by atoms with Gasteiger partial charge in [-0.25, -0.2) is 4.79 Å². The molecule has 5 nitrogen and oxygen atoms in total. The van der Waals surface area contributed by atoms with Gasteiger partial charge in [-0.3, -0.25) is 0 Å². The highest BCUT2D eigenvalue weighted by Gasteiger charge is 2.52. The minimum atomic E-state index is -2.01. The van der Waals surface area contributed by atoms with Gasteiger partial charge in [0.2, 0.25) is 0 Å². The molecule has 1 fully saturated rings. The molecule has 0 spiro atoms. The average molecular weight is 372 g/mol. The molecule has 0 aromatic heterocycles. The first kappa shape index (κ1) is 22.2. The van der Waals surface area contributed by atoms with E-state index in [2.05, 4.69) is 40.4 Å². The summed E-state index contributed by atoms with van der Waals surface area (Å²) in [5.74, 6) is 0. The minimum Gasteiger partial charge on any atom is -0.444 e. The molecule has 1 aliphatic heterocycles. The van der Waals surface area contributed by atoms with E-state index in [0.717, 1.165) is 0 Å². The van der Waals surface area contributed by atoms with Gasteiger partial charge in [0.15, 0.2) is 8.32 Å². The summed E-state index contributed by atoms with van der Waals surface area (Å²) in [6.07, 6.45) is 1.95. The molecule has 25 heavy (non-hydrogen) atoms. The highest BCUT2D eigenvalue weighted by atomic mass is 28.4. The summed E-state index contributed by atoms with van der Waals surface area (Å²) in [5.41, 5.74) is -1.10. The molecule has 1 amide bonds. The second kappa shape index (κ2) is 7.41. The molecule has 6 heteroatoms. The van der Waals surface area contributed by atoms with Crippen molar-refractivity contribution >= 4 is 14.4 Å². The molecule has 0 aliphatic carbocycles. The lowest BCUT2D eigenvalue weighted by Gasteiger charge is -2.42. The number of hydrogen-bond acceptors (Lipinski definition) is 4. The lowest BCUT2D eigenvalue weighted by molar-refractivity contribution is -0.0650. The van der Waals surface area contributed by atoms with E-state index >= 15 is 0 Å². The van der Waals surface area contributed by atoms with Crippen LogP contribution in [0, 0.1) is 0 Å². The third-order valence-electron chi connectivity index (χ3n) is 5.22. The van der Waals surface area contributed by atoms with Crippen LogP contribution in [-0.2, 0) is 13.9 Å². The standard InChI is InChI=1S/C19H37NO4Si/c1-11-12-19(22-8)14-20(16(21)23-17(2,3)4)13-15(19)24-25(9,10)18(5,6)7/h11,15H,1,12-14H2,2-10H3/t15-,19+/m0/s1. The van der Waals surface area contributed by atoms with Crippen LogP contribution in [0.4, 0.5) is 4.79 Å². The maximum absolute atomic E-state index is 12.6. The molecule has 0 radical (unpaired) electrons. The number of ether oxygens (including phenoxy) is 2. The van der Waals surface area contributed by atoms with E-state index in [9.17, 15) is 4.79 Å². The van der Waals surface area contributed by atoms with E-state index < -0.39 is 19.5 Å². The largest absolute Gasteiger partial charge is 0.444 e. The Labute approximate surface area is 154 Å². The Balaban J connectivity index is 3.07. The van der Waals surface area contributed by atoms with Crippen molar-refractivity contribution in [1.29, 1.82) is 0 Å². The second-order valence-electron chi connectivity index (χ2n) is 9.49. The van der Waals surface area contributed by atoms with Crippen molar-refractivity contribution in [3.05, 3.63) is 12.7 Å². The molecule has 0 aromatic carbocycles. The minimum absolute atomic E-state index is 0.0833. The summed E-state index contributed by atoms with van der Waals surface area (Å²) in [7, 11) is -0.324. The molecule has 1 heterocycles. The lowest BCUT2D eigenvalue weighted by atomic mass is 9.96. The first-order chi connectivity index (χ1) is 11.2. The molecule has 2 atom stereocenters.